The van der Waals surface area contributed by atoms with Gasteiger partial charge in [-0.3, -0.25) is 9.59 Å². The zero-order valence-electron chi connectivity index (χ0n) is 14.1. The molecule has 1 heterocycles. The number of aliphatic hydroxyl groups is 1. The summed E-state index contributed by atoms with van der Waals surface area (Å²) in [6, 6.07) is 7.39. The Balaban J connectivity index is 1.90. The van der Waals surface area contributed by atoms with Crippen molar-refractivity contribution in [2.24, 2.45) is 5.41 Å². The summed E-state index contributed by atoms with van der Waals surface area (Å²) >= 11 is 0. The SMILES string of the molecule is CC(C)(C)C(=O)Nc1ccc(CC(=O)N2CCC(O)CC2)cc1. The molecule has 5 heteroatoms. The first-order valence-electron chi connectivity index (χ1n) is 8.12. The van der Waals surface area contributed by atoms with Crippen LogP contribution in [-0.2, 0) is 16.0 Å². The number of carbonyl (C=O) groups excluding carboxylic acids is 2. The van der Waals surface area contributed by atoms with Gasteiger partial charge in [0.25, 0.3) is 0 Å². The second-order valence-corrected chi connectivity index (χ2v) is 7.19. The molecule has 0 spiro atoms. The van der Waals surface area contributed by atoms with Gasteiger partial charge in [-0.05, 0) is 30.5 Å². The van der Waals surface area contributed by atoms with E-state index in [1.807, 2.05) is 49.9 Å². The van der Waals surface area contributed by atoms with Crippen LogP contribution in [0.15, 0.2) is 24.3 Å². The van der Waals surface area contributed by atoms with Crippen LogP contribution in [0.3, 0.4) is 0 Å². The summed E-state index contributed by atoms with van der Waals surface area (Å²) in [7, 11) is 0. The van der Waals surface area contributed by atoms with E-state index >= 15 is 0 Å². The van der Waals surface area contributed by atoms with Gasteiger partial charge >= 0.3 is 0 Å². The molecule has 1 aliphatic rings. The first kappa shape index (κ1) is 17.5. The third-order valence-corrected chi connectivity index (χ3v) is 4.07. The van der Waals surface area contributed by atoms with E-state index in [9.17, 15) is 14.7 Å². The van der Waals surface area contributed by atoms with Crippen LogP contribution < -0.4 is 5.32 Å². The van der Waals surface area contributed by atoms with Gasteiger partial charge in [-0.15, -0.1) is 0 Å². The number of nitrogens with zero attached hydrogens (tertiary/aromatic N) is 1. The molecule has 5 nitrogen and oxygen atoms in total. The monoisotopic (exact) mass is 318 g/mol. The zero-order chi connectivity index (χ0) is 17.0. The number of aliphatic hydroxyl groups excluding tert-OH is 1. The van der Waals surface area contributed by atoms with Gasteiger partial charge in [0.2, 0.25) is 11.8 Å². The molecule has 126 valence electrons. The van der Waals surface area contributed by atoms with E-state index in [1.54, 1.807) is 0 Å². The van der Waals surface area contributed by atoms with E-state index in [-0.39, 0.29) is 17.9 Å². The van der Waals surface area contributed by atoms with Crippen molar-refractivity contribution in [1.82, 2.24) is 4.90 Å². The Morgan fingerprint density at radius 1 is 1.17 bits per heavy atom. The molecule has 2 N–H and O–H groups in total. The van der Waals surface area contributed by atoms with Crippen molar-refractivity contribution in [2.75, 3.05) is 18.4 Å². The molecule has 0 radical (unpaired) electrons. The maximum Gasteiger partial charge on any atom is 0.229 e. The van der Waals surface area contributed by atoms with Gasteiger partial charge in [0.05, 0.1) is 12.5 Å². The Labute approximate surface area is 137 Å². The van der Waals surface area contributed by atoms with E-state index in [4.69, 9.17) is 0 Å². The molecule has 1 aromatic rings. The van der Waals surface area contributed by atoms with Crippen molar-refractivity contribution in [3.8, 4) is 0 Å². The molecule has 2 rings (SSSR count). The third-order valence-electron chi connectivity index (χ3n) is 4.07. The average Bonchev–Trinajstić information content (AvgIpc) is 2.49. The Kier molecular flexibility index (Phi) is 5.42. The number of likely N-dealkylation sites (tertiary alicyclic amines) is 1. The molecular weight excluding hydrogens is 292 g/mol. The van der Waals surface area contributed by atoms with Gasteiger partial charge in [-0.2, -0.15) is 0 Å². The summed E-state index contributed by atoms with van der Waals surface area (Å²) in [4.78, 5) is 26.0. The second kappa shape index (κ2) is 7.13. The molecule has 0 bridgehead atoms. The van der Waals surface area contributed by atoms with Crippen molar-refractivity contribution < 1.29 is 14.7 Å². The molecule has 23 heavy (non-hydrogen) atoms. The number of piperidine rings is 1. The minimum atomic E-state index is -0.437. The molecule has 1 aliphatic heterocycles. The molecule has 0 unspecified atom stereocenters. The summed E-state index contributed by atoms with van der Waals surface area (Å²) in [6.45, 7) is 6.85. The van der Waals surface area contributed by atoms with Gasteiger partial charge in [0.15, 0.2) is 0 Å². The van der Waals surface area contributed by atoms with Crippen LogP contribution in [0.2, 0.25) is 0 Å². The fourth-order valence-electron chi connectivity index (χ4n) is 2.43. The average molecular weight is 318 g/mol. The van der Waals surface area contributed by atoms with Crippen LogP contribution in [-0.4, -0.2) is 41.0 Å². The topological polar surface area (TPSA) is 69.6 Å². The zero-order valence-corrected chi connectivity index (χ0v) is 14.1. The first-order chi connectivity index (χ1) is 10.8. The molecule has 1 fully saturated rings. The summed E-state index contributed by atoms with van der Waals surface area (Å²) in [5.74, 6) is 0.0524. The number of benzene rings is 1. The summed E-state index contributed by atoms with van der Waals surface area (Å²) in [6.07, 6.45) is 1.39. The molecule has 1 aromatic carbocycles. The summed E-state index contributed by atoms with van der Waals surface area (Å²) < 4.78 is 0. The summed E-state index contributed by atoms with van der Waals surface area (Å²) in [5, 5.41) is 12.4. The van der Waals surface area contributed by atoms with Crippen molar-refractivity contribution in [2.45, 2.75) is 46.1 Å². The van der Waals surface area contributed by atoms with Crippen LogP contribution in [0.1, 0.15) is 39.2 Å². The lowest BCUT2D eigenvalue weighted by atomic mass is 9.95. The van der Waals surface area contributed by atoms with Gasteiger partial charge in [-0.1, -0.05) is 32.9 Å². The van der Waals surface area contributed by atoms with Gasteiger partial charge in [0.1, 0.15) is 0 Å². The van der Waals surface area contributed by atoms with E-state index in [0.29, 0.717) is 32.4 Å². The van der Waals surface area contributed by atoms with E-state index < -0.39 is 5.41 Å². The molecule has 0 aliphatic carbocycles. The Morgan fingerprint density at radius 3 is 2.26 bits per heavy atom. The van der Waals surface area contributed by atoms with Gasteiger partial charge < -0.3 is 15.3 Å². The largest absolute Gasteiger partial charge is 0.393 e. The summed E-state index contributed by atoms with van der Waals surface area (Å²) in [5.41, 5.74) is 1.23. The smallest absolute Gasteiger partial charge is 0.229 e. The first-order valence-corrected chi connectivity index (χ1v) is 8.12. The normalized spacial score (nSPS) is 16.3. The molecule has 0 atom stereocenters. The van der Waals surface area contributed by atoms with E-state index in [2.05, 4.69) is 5.32 Å². The quantitative estimate of drug-likeness (QED) is 0.897. The highest BCUT2D eigenvalue weighted by Gasteiger charge is 2.22. The number of nitrogens with one attached hydrogen (secondary N) is 1. The van der Waals surface area contributed by atoms with Crippen molar-refractivity contribution in [1.29, 1.82) is 0 Å². The van der Waals surface area contributed by atoms with Crippen molar-refractivity contribution in [3.05, 3.63) is 29.8 Å². The lowest BCUT2D eigenvalue weighted by Crippen LogP contribution is -2.40. The predicted molar refractivity (Wildman–Crippen MR) is 90.1 cm³/mol. The van der Waals surface area contributed by atoms with Crippen LogP contribution >= 0.6 is 0 Å². The minimum Gasteiger partial charge on any atom is -0.393 e. The van der Waals surface area contributed by atoms with Crippen molar-refractivity contribution in [3.63, 3.8) is 0 Å². The number of carbonyl (C=O) groups is 2. The number of anilines is 1. The highest BCUT2D eigenvalue weighted by molar-refractivity contribution is 5.94. The van der Waals surface area contributed by atoms with Gasteiger partial charge in [-0.25, -0.2) is 0 Å². The minimum absolute atomic E-state index is 0.0341. The number of hydrogen-bond acceptors (Lipinski definition) is 3. The standard InChI is InChI=1S/C18H26N2O3/c1-18(2,3)17(23)19-14-6-4-13(5-7-14)12-16(22)20-10-8-15(21)9-11-20/h4-7,15,21H,8-12H2,1-3H3,(H,19,23). The highest BCUT2D eigenvalue weighted by Crippen LogP contribution is 2.18. The van der Waals surface area contributed by atoms with E-state index in [0.717, 1.165) is 11.3 Å². The van der Waals surface area contributed by atoms with E-state index in [1.165, 1.54) is 0 Å². The Hall–Kier alpha value is -1.88. The highest BCUT2D eigenvalue weighted by atomic mass is 16.3. The fourth-order valence-corrected chi connectivity index (χ4v) is 2.43. The maximum atomic E-state index is 12.2. The molecule has 0 saturated carbocycles. The Bertz CT molecular complexity index is 553. The number of hydrogen-bond donors (Lipinski definition) is 2. The number of rotatable bonds is 3. The fraction of sp³-hybridized carbons (Fsp3) is 0.556. The van der Waals surface area contributed by atoms with Crippen LogP contribution in [0.25, 0.3) is 0 Å². The maximum absolute atomic E-state index is 12.2. The lowest BCUT2D eigenvalue weighted by Gasteiger charge is -2.29. The van der Waals surface area contributed by atoms with Gasteiger partial charge in [0, 0.05) is 24.2 Å². The molecule has 1 saturated heterocycles. The predicted octanol–water partition coefficient (Wildman–Crippen LogP) is 2.20. The van der Waals surface area contributed by atoms with Crippen LogP contribution in [0, 0.1) is 5.41 Å². The molecule has 0 aromatic heterocycles. The molecular formula is C18H26N2O3. The molecule has 2 amide bonds. The van der Waals surface area contributed by atoms with Crippen LogP contribution in [0.4, 0.5) is 5.69 Å². The van der Waals surface area contributed by atoms with Crippen molar-refractivity contribution >= 4 is 17.5 Å². The lowest BCUT2D eigenvalue weighted by molar-refractivity contribution is -0.132. The number of amides is 2. The Morgan fingerprint density at radius 2 is 1.74 bits per heavy atom. The second-order valence-electron chi connectivity index (χ2n) is 7.19. The van der Waals surface area contributed by atoms with Crippen LogP contribution in [0.5, 0.6) is 0 Å². The third kappa shape index (κ3) is 5.06.